The Morgan fingerprint density at radius 2 is 2.36 bits per heavy atom. The zero-order chi connectivity index (χ0) is 8.27. The minimum absolute atomic E-state index is 0.559. The van der Waals surface area contributed by atoms with Gasteiger partial charge in [-0.3, -0.25) is 0 Å². The first-order valence-electron chi connectivity index (χ1n) is 4.28. The van der Waals surface area contributed by atoms with Crippen LogP contribution >= 0.6 is 0 Å². The van der Waals surface area contributed by atoms with Crippen LogP contribution in [-0.2, 0) is 0 Å². The lowest BCUT2D eigenvalue weighted by Crippen LogP contribution is -2.31. The van der Waals surface area contributed by atoms with Crippen molar-refractivity contribution >= 4 is 0 Å². The molecule has 0 fully saturated rings. The number of hydrogen-bond acceptors (Lipinski definition) is 2. The van der Waals surface area contributed by atoms with Crippen molar-refractivity contribution in [2.75, 3.05) is 27.2 Å². The van der Waals surface area contributed by atoms with Crippen LogP contribution in [0.25, 0.3) is 0 Å². The van der Waals surface area contributed by atoms with E-state index in [1.807, 2.05) is 7.05 Å². The van der Waals surface area contributed by atoms with Crippen LogP contribution in [0.1, 0.15) is 13.3 Å². The summed E-state index contributed by atoms with van der Waals surface area (Å²) in [6.07, 6.45) is 3.56. The van der Waals surface area contributed by atoms with E-state index in [1.165, 1.54) is 13.0 Å². The van der Waals surface area contributed by atoms with E-state index in [2.05, 4.69) is 30.3 Å². The van der Waals surface area contributed by atoms with Crippen LogP contribution in [0, 0.1) is 0 Å². The molecule has 0 aromatic heterocycles. The van der Waals surface area contributed by atoms with E-state index in [9.17, 15) is 0 Å². The van der Waals surface area contributed by atoms with E-state index in [-0.39, 0.29) is 0 Å². The molecule has 1 aliphatic heterocycles. The van der Waals surface area contributed by atoms with Crippen molar-refractivity contribution in [3.63, 3.8) is 0 Å². The maximum Gasteiger partial charge on any atom is 0.0249 e. The largest absolute Gasteiger partial charge is 0.314 e. The van der Waals surface area contributed by atoms with Crippen molar-refractivity contribution in [3.8, 4) is 0 Å². The molecule has 0 radical (unpaired) electrons. The number of nitrogens with zero attached hydrogens (tertiary/aromatic N) is 1. The Labute approximate surface area is 69.3 Å². The molecule has 2 heteroatoms. The van der Waals surface area contributed by atoms with Gasteiger partial charge in [0.25, 0.3) is 0 Å². The Balaban J connectivity index is 2.47. The van der Waals surface area contributed by atoms with Gasteiger partial charge in [-0.2, -0.15) is 0 Å². The number of rotatable bonds is 2. The summed E-state index contributed by atoms with van der Waals surface area (Å²) in [5.41, 5.74) is 1.56. The van der Waals surface area contributed by atoms with Gasteiger partial charge >= 0.3 is 0 Å². The molecule has 1 heterocycles. The van der Waals surface area contributed by atoms with Gasteiger partial charge in [-0.1, -0.05) is 11.6 Å². The van der Waals surface area contributed by atoms with Crippen LogP contribution in [0.4, 0.5) is 0 Å². The van der Waals surface area contributed by atoms with E-state index < -0.39 is 0 Å². The highest BCUT2D eigenvalue weighted by atomic mass is 15.1. The fourth-order valence-electron chi connectivity index (χ4n) is 1.37. The zero-order valence-corrected chi connectivity index (χ0v) is 7.72. The third-order valence-electron chi connectivity index (χ3n) is 2.44. The molecule has 1 N–H and O–H groups in total. The molecule has 1 unspecified atom stereocenters. The van der Waals surface area contributed by atoms with Gasteiger partial charge < -0.3 is 10.2 Å². The first-order chi connectivity index (χ1) is 5.24. The average Bonchev–Trinajstić information content (AvgIpc) is 2.05. The van der Waals surface area contributed by atoms with Crippen molar-refractivity contribution in [1.82, 2.24) is 10.2 Å². The van der Waals surface area contributed by atoms with Gasteiger partial charge in [0.15, 0.2) is 0 Å². The van der Waals surface area contributed by atoms with Gasteiger partial charge in [0.2, 0.25) is 0 Å². The summed E-state index contributed by atoms with van der Waals surface area (Å²) in [5, 5.41) is 3.26. The second kappa shape index (κ2) is 3.88. The summed E-state index contributed by atoms with van der Waals surface area (Å²) < 4.78 is 0. The van der Waals surface area contributed by atoms with E-state index in [4.69, 9.17) is 0 Å². The summed E-state index contributed by atoms with van der Waals surface area (Å²) in [4.78, 5) is 2.34. The zero-order valence-electron chi connectivity index (χ0n) is 7.72. The monoisotopic (exact) mass is 154 g/mol. The second-order valence-electron chi connectivity index (χ2n) is 3.30. The minimum Gasteiger partial charge on any atom is -0.314 e. The van der Waals surface area contributed by atoms with Crippen molar-refractivity contribution in [2.24, 2.45) is 0 Å². The summed E-state index contributed by atoms with van der Waals surface area (Å²) >= 11 is 0. The van der Waals surface area contributed by atoms with Gasteiger partial charge in [-0.05, 0) is 27.4 Å². The predicted octanol–water partition coefficient (Wildman–Crippen LogP) is 0.856. The summed E-state index contributed by atoms with van der Waals surface area (Å²) in [7, 11) is 4.18. The molecule has 0 aromatic rings. The highest BCUT2D eigenvalue weighted by molar-refractivity contribution is 5.13. The Hall–Kier alpha value is -0.340. The van der Waals surface area contributed by atoms with Gasteiger partial charge in [0.05, 0.1) is 0 Å². The molecule has 64 valence electrons. The topological polar surface area (TPSA) is 15.3 Å². The standard InChI is InChI=1S/C9H18N2/c1-8(10-2)9-4-6-11(3)7-5-9/h4,8,10H,5-7H2,1-3H3. The normalized spacial score (nSPS) is 23.0. The Bertz CT molecular complexity index is 152. The van der Waals surface area contributed by atoms with Gasteiger partial charge in [-0.15, -0.1) is 0 Å². The molecule has 0 aromatic carbocycles. The third-order valence-corrected chi connectivity index (χ3v) is 2.44. The van der Waals surface area contributed by atoms with E-state index in [0.29, 0.717) is 6.04 Å². The molecule has 0 amide bonds. The van der Waals surface area contributed by atoms with Gasteiger partial charge in [-0.25, -0.2) is 0 Å². The van der Waals surface area contributed by atoms with Crippen LogP contribution in [0.15, 0.2) is 11.6 Å². The van der Waals surface area contributed by atoms with Crippen molar-refractivity contribution in [2.45, 2.75) is 19.4 Å². The summed E-state index contributed by atoms with van der Waals surface area (Å²) in [5.74, 6) is 0. The predicted molar refractivity (Wildman–Crippen MR) is 48.7 cm³/mol. The number of hydrogen-bond donors (Lipinski definition) is 1. The molecule has 0 saturated heterocycles. The average molecular weight is 154 g/mol. The molecule has 0 bridgehead atoms. The lowest BCUT2D eigenvalue weighted by molar-refractivity contribution is 0.352. The molecule has 1 aliphatic rings. The first kappa shape index (κ1) is 8.75. The van der Waals surface area contributed by atoms with E-state index in [1.54, 1.807) is 5.57 Å². The maximum atomic E-state index is 3.26. The molecular formula is C9H18N2. The maximum absolute atomic E-state index is 3.26. The summed E-state index contributed by atoms with van der Waals surface area (Å²) in [6.45, 7) is 4.54. The number of nitrogens with one attached hydrogen (secondary N) is 1. The highest BCUT2D eigenvalue weighted by Gasteiger charge is 2.11. The second-order valence-corrected chi connectivity index (χ2v) is 3.30. The molecule has 2 nitrogen and oxygen atoms in total. The summed E-state index contributed by atoms with van der Waals surface area (Å²) in [6, 6.07) is 0.559. The van der Waals surface area contributed by atoms with Crippen molar-refractivity contribution in [1.29, 1.82) is 0 Å². The minimum atomic E-state index is 0.559. The van der Waals surface area contributed by atoms with Gasteiger partial charge in [0.1, 0.15) is 0 Å². The Kier molecular flexibility index (Phi) is 3.09. The first-order valence-corrected chi connectivity index (χ1v) is 4.28. The molecule has 1 atom stereocenters. The highest BCUT2D eigenvalue weighted by Crippen LogP contribution is 2.12. The third kappa shape index (κ3) is 2.31. The molecule has 0 saturated carbocycles. The van der Waals surface area contributed by atoms with Crippen molar-refractivity contribution in [3.05, 3.63) is 11.6 Å². The van der Waals surface area contributed by atoms with Crippen LogP contribution in [0.5, 0.6) is 0 Å². The Morgan fingerprint density at radius 3 is 2.82 bits per heavy atom. The quantitative estimate of drug-likeness (QED) is 0.593. The molecule has 0 spiro atoms. The molecule has 11 heavy (non-hydrogen) atoms. The smallest absolute Gasteiger partial charge is 0.0249 e. The SMILES string of the molecule is CNC(C)C1=CCN(C)CC1. The molecular weight excluding hydrogens is 136 g/mol. The van der Waals surface area contributed by atoms with E-state index >= 15 is 0 Å². The van der Waals surface area contributed by atoms with Crippen LogP contribution in [0.2, 0.25) is 0 Å². The lowest BCUT2D eigenvalue weighted by atomic mass is 10.0. The molecule has 0 aliphatic carbocycles. The van der Waals surface area contributed by atoms with Crippen LogP contribution in [-0.4, -0.2) is 38.1 Å². The van der Waals surface area contributed by atoms with Crippen LogP contribution in [0.3, 0.4) is 0 Å². The lowest BCUT2D eigenvalue weighted by Gasteiger charge is -2.25. The molecule has 1 rings (SSSR count). The van der Waals surface area contributed by atoms with E-state index in [0.717, 1.165) is 6.54 Å². The van der Waals surface area contributed by atoms with Gasteiger partial charge in [0, 0.05) is 19.1 Å². The fraction of sp³-hybridized carbons (Fsp3) is 0.778. The van der Waals surface area contributed by atoms with Crippen molar-refractivity contribution < 1.29 is 0 Å². The fourth-order valence-corrected chi connectivity index (χ4v) is 1.37. The van der Waals surface area contributed by atoms with Crippen LogP contribution < -0.4 is 5.32 Å². The Morgan fingerprint density at radius 1 is 1.64 bits per heavy atom. The number of likely N-dealkylation sites (N-methyl/N-ethyl adjacent to an activating group) is 2.